The number of aromatic nitrogens is 2. The third-order valence-electron chi connectivity index (χ3n) is 5.26. The van der Waals surface area contributed by atoms with Gasteiger partial charge in [-0.25, -0.2) is 9.97 Å². The number of allylic oxidation sites excluding steroid dienone is 1. The summed E-state index contributed by atoms with van der Waals surface area (Å²) in [5, 5.41) is 3.57. The third kappa shape index (κ3) is 4.09. The lowest BCUT2D eigenvalue weighted by Gasteiger charge is -2.35. The van der Waals surface area contributed by atoms with Crippen molar-refractivity contribution in [1.82, 2.24) is 15.3 Å². The van der Waals surface area contributed by atoms with Gasteiger partial charge in [0.25, 0.3) is 0 Å². The molecule has 1 aliphatic heterocycles. The fourth-order valence-electron chi connectivity index (χ4n) is 3.74. The van der Waals surface area contributed by atoms with Crippen LogP contribution in [0.5, 0.6) is 0 Å². The molecule has 156 valence electrons. The van der Waals surface area contributed by atoms with Gasteiger partial charge in [0.15, 0.2) is 0 Å². The molecule has 3 N–H and O–H groups in total. The summed E-state index contributed by atoms with van der Waals surface area (Å²) in [7, 11) is 0. The zero-order valence-corrected chi connectivity index (χ0v) is 17.0. The number of anilines is 2. The van der Waals surface area contributed by atoms with E-state index in [0.29, 0.717) is 11.3 Å². The standard InChI is InChI=1S/C24H25N5O.2H2/c1-2-7-18-11-12-21(28-22(18)23(30)19-10-6-13-27-24(19)25)29-15-14-26-20(16-29)17-8-4-3-5-9-17;;/h2-13,20,26H,14-16H2,1H3,(H2,25,27);2*1H/b7-2+;;. The number of nitrogen functional groups attached to an aromatic ring is 1. The van der Waals surface area contributed by atoms with E-state index >= 15 is 0 Å². The summed E-state index contributed by atoms with van der Waals surface area (Å²) in [5.41, 5.74) is 8.72. The third-order valence-corrected chi connectivity index (χ3v) is 5.26. The lowest BCUT2D eigenvalue weighted by atomic mass is 10.0. The SMILES string of the molecule is C/C=C/c1ccc(N2CCNC(c3ccccc3)C2)nc1C(=O)c1cccnc1N.[HH].[HH]. The van der Waals surface area contributed by atoms with Crippen molar-refractivity contribution in [3.63, 3.8) is 0 Å². The van der Waals surface area contributed by atoms with E-state index in [9.17, 15) is 4.79 Å². The Balaban J connectivity index is 0.00000181. The van der Waals surface area contributed by atoms with Gasteiger partial charge in [0.1, 0.15) is 17.3 Å². The van der Waals surface area contributed by atoms with Crippen LogP contribution in [0.2, 0.25) is 0 Å². The van der Waals surface area contributed by atoms with Crippen LogP contribution < -0.4 is 16.0 Å². The Kier molecular flexibility index (Phi) is 5.86. The van der Waals surface area contributed by atoms with E-state index in [0.717, 1.165) is 31.0 Å². The number of piperazine rings is 1. The largest absolute Gasteiger partial charge is 0.383 e. The van der Waals surface area contributed by atoms with Crippen LogP contribution in [0.1, 0.15) is 43.0 Å². The molecule has 30 heavy (non-hydrogen) atoms. The summed E-state index contributed by atoms with van der Waals surface area (Å²) in [6.07, 6.45) is 5.37. The summed E-state index contributed by atoms with van der Waals surface area (Å²) in [6.45, 7) is 4.36. The summed E-state index contributed by atoms with van der Waals surface area (Å²) in [5.74, 6) is 0.786. The first-order valence-electron chi connectivity index (χ1n) is 10.1. The molecular weight excluding hydrogens is 374 g/mol. The quantitative estimate of drug-likeness (QED) is 0.627. The fraction of sp³-hybridized carbons (Fsp3) is 0.208. The molecule has 1 atom stereocenters. The number of hydrogen-bond acceptors (Lipinski definition) is 6. The molecule has 1 aromatic carbocycles. The molecule has 1 fully saturated rings. The smallest absolute Gasteiger partial charge is 0.215 e. The molecule has 4 rings (SSSR count). The second kappa shape index (κ2) is 8.88. The molecule has 3 aromatic rings. The van der Waals surface area contributed by atoms with Crippen molar-refractivity contribution in [2.75, 3.05) is 30.3 Å². The van der Waals surface area contributed by atoms with Crippen molar-refractivity contribution in [1.29, 1.82) is 0 Å². The molecule has 6 nitrogen and oxygen atoms in total. The fourth-order valence-corrected chi connectivity index (χ4v) is 3.74. The van der Waals surface area contributed by atoms with Gasteiger partial charge in [0, 0.05) is 40.3 Å². The van der Waals surface area contributed by atoms with Gasteiger partial charge in [-0.3, -0.25) is 4.79 Å². The highest BCUT2D eigenvalue weighted by atomic mass is 16.1. The van der Waals surface area contributed by atoms with Gasteiger partial charge >= 0.3 is 0 Å². The van der Waals surface area contributed by atoms with Gasteiger partial charge in [-0.1, -0.05) is 42.5 Å². The molecule has 0 spiro atoms. The number of ketones is 1. The van der Waals surface area contributed by atoms with E-state index in [2.05, 4.69) is 39.5 Å². The Morgan fingerprint density at radius 1 is 1.20 bits per heavy atom. The maximum Gasteiger partial charge on any atom is 0.215 e. The number of pyridine rings is 2. The molecule has 6 heteroatoms. The monoisotopic (exact) mass is 403 g/mol. The molecule has 0 aliphatic carbocycles. The lowest BCUT2D eigenvalue weighted by molar-refractivity contribution is 0.103. The second-order valence-corrected chi connectivity index (χ2v) is 7.24. The van der Waals surface area contributed by atoms with Crippen LogP contribution in [0.4, 0.5) is 11.6 Å². The average Bonchev–Trinajstić information content (AvgIpc) is 2.80. The zero-order chi connectivity index (χ0) is 20.9. The predicted octanol–water partition coefficient (Wildman–Crippen LogP) is 3.97. The summed E-state index contributed by atoms with van der Waals surface area (Å²) >= 11 is 0. The first-order valence-corrected chi connectivity index (χ1v) is 10.1. The van der Waals surface area contributed by atoms with Gasteiger partial charge in [-0.05, 0) is 36.8 Å². The van der Waals surface area contributed by atoms with Crippen LogP contribution in [0, 0.1) is 0 Å². The molecule has 1 aliphatic rings. The zero-order valence-electron chi connectivity index (χ0n) is 17.0. The summed E-state index contributed by atoms with van der Waals surface area (Å²) < 4.78 is 0. The van der Waals surface area contributed by atoms with E-state index in [4.69, 9.17) is 10.7 Å². The van der Waals surface area contributed by atoms with Gasteiger partial charge < -0.3 is 16.0 Å². The van der Waals surface area contributed by atoms with Crippen molar-refractivity contribution in [2.45, 2.75) is 13.0 Å². The first kappa shape index (κ1) is 19.8. The van der Waals surface area contributed by atoms with Crippen molar-refractivity contribution in [3.8, 4) is 0 Å². The number of nitrogens with one attached hydrogen (secondary N) is 1. The Labute approximate surface area is 179 Å². The van der Waals surface area contributed by atoms with Crippen LogP contribution in [-0.2, 0) is 0 Å². The second-order valence-electron chi connectivity index (χ2n) is 7.24. The maximum absolute atomic E-state index is 13.2. The van der Waals surface area contributed by atoms with Crippen molar-refractivity contribution in [3.05, 3.63) is 89.3 Å². The number of nitrogens with zero attached hydrogens (tertiary/aromatic N) is 3. The van der Waals surface area contributed by atoms with E-state index in [1.807, 2.05) is 37.3 Å². The van der Waals surface area contributed by atoms with Crippen LogP contribution in [0.3, 0.4) is 0 Å². The molecule has 0 amide bonds. The van der Waals surface area contributed by atoms with E-state index in [-0.39, 0.29) is 20.5 Å². The first-order chi connectivity index (χ1) is 14.7. The van der Waals surface area contributed by atoms with Crippen molar-refractivity contribution >= 4 is 23.5 Å². The van der Waals surface area contributed by atoms with E-state index in [1.165, 1.54) is 5.56 Å². The van der Waals surface area contributed by atoms with Crippen LogP contribution in [-0.4, -0.2) is 35.4 Å². The molecule has 0 bridgehead atoms. The topological polar surface area (TPSA) is 84.1 Å². The van der Waals surface area contributed by atoms with Gasteiger partial charge in [0.05, 0.1) is 5.56 Å². The average molecular weight is 404 g/mol. The molecule has 1 unspecified atom stereocenters. The molecule has 0 saturated carbocycles. The molecule has 2 aromatic heterocycles. The number of hydrogen-bond donors (Lipinski definition) is 2. The van der Waals surface area contributed by atoms with Gasteiger partial charge in [-0.15, -0.1) is 0 Å². The highest BCUT2D eigenvalue weighted by molar-refractivity contribution is 6.12. The highest BCUT2D eigenvalue weighted by Gasteiger charge is 2.24. The number of nitrogens with two attached hydrogens (primary N) is 1. The van der Waals surface area contributed by atoms with Crippen molar-refractivity contribution in [2.24, 2.45) is 0 Å². The van der Waals surface area contributed by atoms with Crippen molar-refractivity contribution < 1.29 is 7.65 Å². The minimum Gasteiger partial charge on any atom is -0.383 e. The van der Waals surface area contributed by atoms with E-state index in [1.54, 1.807) is 18.3 Å². The molecule has 0 radical (unpaired) electrons. The Morgan fingerprint density at radius 3 is 2.80 bits per heavy atom. The normalized spacial score (nSPS) is 16.7. The van der Waals surface area contributed by atoms with Gasteiger partial charge in [-0.2, -0.15) is 0 Å². The Hall–Kier alpha value is -3.51. The molecule has 3 heterocycles. The predicted molar refractivity (Wildman–Crippen MR) is 125 cm³/mol. The maximum atomic E-state index is 13.2. The number of benzene rings is 1. The minimum absolute atomic E-state index is 0. The summed E-state index contributed by atoms with van der Waals surface area (Å²) in [4.78, 5) is 24.3. The minimum atomic E-state index is -0.217. The van der Waals surface area contributed by atoms with Crippen LogP contribution >= 0.6 is 0 Å². The summed E-state index contributed by atoms with van der Waals surface area (Å²) in [6, 6.07) is 17.9. The van der Waals surface area contributed by atoms with Crippen LogP contribution in [0.25, 0.3) is 6.08 Å². The molecule has 1 saturated heterocycles. The molecular formula is C24H29N5O. The Morgan fingerprint density at radius 2 is 2.03 bits per heavy atom. The number of carbonyl (C=O) groups excluding carboxylic acids is 1. The van der Waals surface area contributed by atoms with Gasteiger partial charge in [0.2, 0.25) is 5.78 Å². The lowest BCUT2D eigenvalue weighted by Crippen LogP contribution is -2.46. The van der Waals surface area contributed by atoms with Crippen LogP contribution in [0.15, 0.2) is 66.9 Å². The number of rotatable bonds is 5. The Bertz CT molecular complexity index is 1070. The van der Waals surface area contributed by atoms with E-state index < -0.39 is 0 Å². The number of carbonyl (C=O) groups is 1. The highest BCUT2D eigenvalue weighted by Crippen LogP contribution is 2.25.